The van der Waals surface area contributed by atoms with Gasteiger partial charge in [0.05, 0.1) is 0 Å². The molecule has 0 amide bonds. The normalized spacial score (nSPS) is 11.4. The highest BCUT2D eigenvalue weighted by atomic mass is 35.5. The van der Waals surface area contributed by atoms with Crippen LogP contribution in [-0.4, -0.2) is 15.0 Å². The van der Waals surface area contributed by atoms with Crippen molar-refractivity contribution in [2.75, 3.05) is 0 Å². The van der Waals surface area contributed by atoms with Crippen molar-refractivity contribution in [3.8, 4) is 22.8 Å². The molecular formula is C24H20ClN3. The SMILES string of the molecule is CC/C=C\c1c(C)cccc1-c1nc(Cl)nc(-c2cccc3ccccc23)n1. The summed E-state index contributed by atoms with van der Waals surface area (Å²) in [6.07, 6.45) is 5.23. The Balaban J connectivity index is 1.92. The van der Waals surface area contributed by atoms with Gasteiger partial charge in [0.2, 0.25) is 5.28 Å². The molecule has 3 nitrogen and oxygen atoms in total. The lowest BCUT2D eigenvalue weighted by molar-refractivity contribution is 1.07. The highest BCUT2D eigenvalue weighted by Gasteiger charge is 2.14. The van der Waals surface area contributed by atoms with Crippen LogP contribution >= 0.6 is 11.6 Å². The lowest BCUT2D eigenvalue weighted by Crippen LogP contribution is -1.99. The maximum atomic E-state index is 6.32. The van der Waals surface area contributed by atoms with Crippen molar-refractivity contribution in [2.45, 2.75) is 20.3 Å². The van der Waals surface area contributed by atoms with Crippen molar-refractivity contribution in [2.24, 2.45) is 0 Å². The summed E-state index contributed by atoms with van der Waals surface area (Å²) < 4.78 is 0. The van der Waals surface area contributed by atoms with Crippen LogP contribution in [0, 0.1) is 6.92 Å². The second kappa shape index (κ2) is 7.91. The van der Waals surface area contributed by atoms with Crippen LogP contribution in [0.25, 0.3) is 39.6 Å². The van der Waals surface area contributed by atoms with E-state index in [4.69, 9.17) is 16.6 Å². The van der Waals surface area contributed by atoms with Crippen molar-refractivity contribution in [3.63, 3.8) is 0 Å². The van der Waals surface area contributed by atoms with Gasteiger partial charge < -0.3 is 0 Å². The van der Waals surface area contributed by atoms with Gasteiger partial charge in [-0.3, -0.25) is 0 Å². The summed E-state index contributed by atoms with van der Waals surface area (Å²) in [5.41, 5.74) is 4.18. The monoisotopic (exact) mass is 385 g/mol. The number of fused-ring (bicyclic) bond motifs is 1. The number of benzene rings is 3. The maximum absolute atomic E-state index is 6.32. The summed E-state index contributed by atoms with van der Waals surface area (Å²) in [7, 11) is 0. The molecule has 4 aromatic rings. The van der Waals surface area contributed by atoms with Crippen molar-refractivity contribution in [1.29, 1.82) is 0 Å². The Kier molecular flexibility index (Phi) is 5.18. The number of allylic oxidation sites excluding steroid dienone is 1. The predicted octanol–water partition coefficient (Wildman–Crippen LogP) is 6.74. The van der Waals surface area contributed by atoms with Crippen LogP contribution in [0.5, 0.6) is 0 Å². The highest BCUT2D eigenvalue weighted by Crippen LogP contribution is 2.30. The molecule has 4 heteroatoms. The number of nitrogens with zero attached hydrogens (tertiary/aromatic N) is 3. The average molecular weight is 386 g/mol. The largest absolute Gasteiger partial charge is 0.226 e. The van der Waals surface area contributed by atoms with E-state index in [9.17, 15) is 0 Å². The highest BCUT2D eigenvalue weighted by molar-refractivity contribution is 6.28. The first-order valence-electron chi connectivity index (χ1n) is 9.33. The molecule has 138 valence electrons. The number of rotatable bonds is 4. The van der Waals surface area contributed by atoms with Crippen LogP contribution in [0.2, 0.25) is 5.28 Å². The summed E-state index contributed by atoms with van der Waals surface area (Å²) in [6, 6.07) is 20.4. The summed E-state index contributed by atoms with van der Waals surface area (Å²) in [6.45, 7) is 4.21. The molecule has 0 bridgehead atoms. The molecule has 0 fully saturated rings. The number of hydrogen-bond acceptors (Lipinski definition) is 3. The molecule has 0 radical (unpaired) electrons. The van der Waals surface area contributed by atoms with E-state index in [1.54, 1.807) is 0 Å². The van der Waals surface area contributed by atoms with E-state index in [-0.39, 0.29) is 5.28 Å². The zero-order valence-corrected chi connectivity index (χ0v) is 16.6. The minimum atomic E-state index is 0.194. The number of halogens is 1. The van der Waals surface area contributed by atoms with E-state index in [0.29, 0.717) is 11.6 Å². The lowest BCUT2D eigenvalue weighted by Gasteiger charge is -2.11. The second-order valence-electron chi connectivity index (χ2n) is 6.63. The Morgan fingerprint density at radius 1 is 0.821 bits per heavy atom. The van der Waals surface area contributed by atoms with Gasteiger partial charge in [0, 0.05) is 11.1 Å². The van der Waals surface area contributed by atoms with Crippen molar-refractivity contribution < 1.29 is 0 Å². The van der Waals surface area contributed by atoms with Crippen molar-refractivity contribution in [3.05, 3.63) is 83.2 Å². The molecule has 0 saturated carbocycles. The number of hydrogen-bond donors (Lipinski definition) is 0. The van der Waals surface area contributed by atoms with Crippen LogP contribution in [0.1, 0.15) is 24.5 Å². The van der Waals surface area contributed by atoms with E-state index >= 15 is 0 Å². The fourth-order valence-electron chi connectivity index (χ4n) is 3.34. The third-order valence-electron chi connectivity index (χ3n) is 4.72. The van der Waals surface area contributed by atoms with Gasteiger partial charge in [0.1, 0.15) is 0 Å². The summed E-state index contributed by atoms with van der Waals surface area (Å²) in [5.74, 6) is 1.17. The van der Waals surface area contributed by atoms with Crippen LogP contribution in [0.3, 0.4) is 0 Å². The van der Waals surface area contributed by atoms with E-state index in [2.05, 4.69) is 60.2 Å². The Hall–Kier alpha value is -3.04. The molecule has 0 N–H and O–H groups in total. The fraction of sp³-hybridized carbons (Fsp3) is 0.125. The molecule has 28 heavy (non-hydrogen) atoms. The molecule has 0 atom stereocenters. The molecule has 4 rings (SSSR count). The zero-order valence-electron chi connectivity index (χ0n) is 15.9. The molecular weight excluding hydrogens is 366 g/mol. The molecule has 0 aliphatic rings. The van der Waals surface area contributed by atoms with Crippen molar-refractivity contribution >= 4 is 28.4 Å². The Morgan fingerprint density at radius 3 is 2.32 bits per heavy atom. The first-order chi connectivity index (χ1) is 13.7. The van der Waals surface area contributed by atoms with Crippen LogP contribution in [0.15, 0.2) is 66.7 Å². The van der Waals surface area contributed by atoms with E-state index in [1.807, 2.05) is 36.4 Å². The smallest absolute Gasteiger partial charge is 0.208 e. The lowest BCUT2D eigenvalue weighted by atomic mass is 10.0. The average Bonchev–Trinajstić information content (AvgIpc) is 2.72. The third kappa shape index (κ3) is 3.54. The summed E-state index contributed by atoms with van der Waals surface area (Å²) in [4.78, 5) is 13.6. The second-order valence-corrected chi connectivity index (χ2v) is 6.96. The van der Waals surface area contributed by atoms with Crippen LogP contribution < -0.4 is 0 Å². The number of aryl methyl sites for hydroxylation is 1. The standard InChI is InChI=1S/C24H20ClN3/c1-3-4-12-18-16(2)9-7-14-20(18)22-26-23(28-24(25)27-22)21-15-8-11-17-10-5-6-13-19(17)21/h4-15H,3H2,1-2H3/b12-4-. The molecule has 0 aliphatic carbocycles. The maximum Gasteiger partial charge on any atom is 0.226 e. The quantitative estimate of drug-likeness (QED) is 0.390. The van der Waals surface area contributed by atoms with Gasteiger partial charge in [0.15, 0.2) is 11.6 Å². The van der Waals surface area contributed by atoms with Gasteiger partial charge >= 0.3 is 0 Å². The van der Waals surface area contributed by atoms with Gasteiger partial charge in [-0.2, -0.15) is 9.97 Å². The van der Waals surface area contributed by atoms with Gasteiger partial charge in [-0.25, -0.2) is 4.98 Å². The Morgan fingerprint density at radius 2 is 1.50 bits per heavy atom. The molecule has 0 saturated heterocycles. The molecule has 1 heterocycles. The third-order valence-corrected chi connectivity index (χ3v) is 4.89. The van der Waals surface area contributed by atoms with Gasteiger partial charge in [0.25, 0.3) is 0 Å². The van der Waals surface area contributed by atoms with Gasteiger partial charge in [-0.15, -0.1) is 0 Å². The summed E-state index contributed by atoms with van der Waals surface area (Å²) in [5, 5.41) is 2.42. The van der Waals surface area contributed by atoms with E-state index in [0.717, 1.165) is 33.9 Å². The zero-order chi connectivity index (χ0) is 19.5. The molecule has 3 aromatic carbocycles. The van der Waals surface area contributed by atoms with Crippen LogP contribution in [-0.2, 0) is 0 Å². The van der Waals surface area contributed by atoms with E-state index in [1.165, 1.54) is 5.56 Å². The fourth-order valence-corrected chi connectivity index (χ4v) is 3.50. The predicted molar refractivity (Wildman–Crippen MR) is 117 cm³/mol. The minimum Gasteiger partial charge on any atom is -0.208 e. The first-order valence-corrected chi connectivity index (χ1v) is 9.71. The van der Waals surface area contributed by atoms with Crippen LogP contribution in [0.4, 0.5) is 0 Å². The molecule has 1 aromatic heterocycles. The molecule has 0 unspecified atom stereocenters. The Bertz CT molecular complexity index is 1180. The molecule has 0 aliphatic heterocycles. The topological polar surface area (TPSA) is 38.7 Å². The Labute approximate surface area is 169 Å². The van der Waals surface area contributed by atoms with E-state index < -0.39 is 0 Å². The summed E-state index contributed by atoms with van der Waals surface area (Å²) >= 11 is 6.32. The first kappa shape index (κ1) is 18.3. The number of aromatic nitrogens is 3. The van der Waals surface area contributed by atoms with Crippen molar-refractivity contribution in [1.82, 2.24) is 15.0 Å². The minimum absolute atomic E-state index is 0.194. The van der Waals surface area contributed by atoms with Gasteiger partial charge in [-0.1, -0.05) is 79.7 Å². The molecule has 0 spiro atoms. The van der Waals surface area contributed by atoms with Gasteiger partial charge in [-0.05, 0) is 46.8 Å².